The van der Waals surface area contributed by atoms with Crippen molar-refractivity contribution in [3.8, 4) is 5.75 Å². The third kappa shape index (κ3) is 5.37. The number of carbonyl (C=O) groups excluding carboxylic acids is 1. The van der Waals surface area contributed by atoms with Crippen LogP contribution in [0, 0.1) is 5.92 Å². The number of piperidine rings is 1. The average Bonchev–Trinajstić information content (AvgIpc) is 2.52. The van der Waals surface area contributed by atoms with Crippen molar-refractivity contribution >= 4 is 11.9 Å². The fourth-order valence-electron chi connectivity index (χ4n) is 2.99. The summed E-state index contributed by atoms with van der Waals surface area (Å²) in [6.07, 6.45) is -3.74. The molecule has 5 nitrogen and oxygen atoms in total. The molecule has 2 rings (SSSR count). The van der Waals surface area contributed by atoms with Gasteiger partial charge in [-0.05, 0) is 36.8 Å². The molecule has 1 aromatic carbocycles. The summed E-state index contributed by atoms with van der Waals surface area (Å²) in [6, 6.07) is 4.75. The van der Waals surface area contributed by atoms with Crippen molar-refractivity contribution in [1.29, 1.82) is 0 Å². The van der Waals surface area contributed by atoms with Gasteiger partial charge in [0.25, 0.3) is 0 Å². The number of carbonyl (C=O) groups is 2. The van der Waals surface area contributed by atoms with Crippen molar-refractivity contribution in [2.75, 3.05) is 6.54 Å². The van der Waals surface area contributed by atoms with Crippen molar-refractivity contribution in [3.05, 3.63) is 29.8 Å². The Labute approximate surface area is 143 Å². The number of hydrogen-bond acceptors (Lipinski definition) is 3. The van der Waals surface area contributed by atoms with Crippen molar-refractivity contribution in [2.24, 2.45) is 5.92 Å². The van der Waals surface area contributed by atoms with Gasteiger partial charge in [0.15, 0.2) is 0 Å². The van der Waals surface area contributed by atoms with Gasteiger partial charge >= 0.3 is 12.3 Å². The highest BCUT2D eigenvalue weighted by molar-refractivity contribution is 5.84. The van der Waals surface area contributed by atoms with E-state index in [9.17, 15) is 27.9 Å². The largest absolute Gasteiger partial charge is 0.573 e. The predicted molar refractivity (Wildman–Crippen MR) is 83.0 cm³/mol. The molecule has 0 aliphatic carbocycles. The van der Waals surface area contributed by atoms with Crippen LogP contribution in [0.15, 0.2) is 24.3 Å². The molecular weight excluding hydrogens is 339 g/mol. The SMILES string of the molecule is CC1CCN(C(=O)CCc2ccccc2OC(F)(F)F)C(C(=O)O)C1. The van der Waals surface area contributed by atoms with Crippen LogP contribution in [0.25, 0.3) is 0 Å². The summed E-state index contributed by atoms with van der Waals surface area (Å²) in [5.41, 5.74) is 0.255. The summed E-state index contributed by atoms with van der Waals surface area (Å²) in [5.74, 6) is -1.56. The Morgan fingerprint density at radius 1 is 1.32 bits per heavy atom. The molecule has 1 fully saturated rings. The highest BCUT2D eigenvalue weighted by atomic mass is 19.4. The molecule has 1 aromatic rings. The Balaban J connectivity index is 2.03. The number of aryl methyl sites for hydroxylation is 1. The summed E-state index contributed by atoms with van der Waals surface area (Å²) >= 11 is 0. The van der Waals surface area contributed by atoms with Crippen molar-refractivity contribution in [1.82, 2.24) is 4.90 Å². The monoisotopic (exact) mass is 359 g/mol. The zero-order valence-corrected chi connectivity index (χ0v) is 13.8. The molecule has 0 saturated carbocycles. The smallest absolute Gasteiger partial charge is 0.480 e. The minimum atomic E-state index is -4.81. The van der Waals surface area contributed by atoms with E-state index < -0.39 is 18.4 Å². The number of nitrogens with zero attached hydrogens (tertiary/aromatic N) is 1. The molecule has 8 heteroatoms. The zero-order valence-electron chi connectivity index (χ0n) is 13.8. The Morgan fingerprint density at radius 2 is 2.00 bits per heavy atom. The number of amides is 1. The lowest BCUT2D eigenvalue weighted by molar-refractivity contribution is -0.274. The summed E-state index contributed by atoms with van der Waals surface area (Å²) in [5, 5.41) is 9.29. The van der Waals surface area contributed by atoms with Gasteiger partial charge < -0.3 is 14.7 Å². The van der Waals surface area contributed by atoms with Crippen molar-refractivity contribution < 1.29 is 32.6 Å². The molecule has 1 amide bonds. The maximum Gasteiger partial charge on any atom is 0.573 e. The molecule has 0 spiro atoms. The van der Waals surface area contributed by atoms with Crippen LogP contribution >= 0.6 is 0 Å². The van der Waals surface area contributed by atoms with Gasteiger partial charge in [-0.3, -0.25) is 4.79 Å². The number of hydrogen-bond donors (Lipinski definition) is 1. The number of ether oxygens (including phenoxy) is 1. The molecule has 1 aliphatic heterocycles. The van der Waals surface area contributed by atoms with Crippen LogP contribution in [0.4, 0.5) is 13.2 Å². The highest BCUT2D eigenvalue weighted by Crippen LogP contribution is 2.28. The van der Waals surface area contributed by atoms with Gasteiger partial charge in [0.1, 0.15) is 11.8 Å². The fraction of sp³-hybridized carbons (Fsp3) is 0.529. The fourth-order valence-corrected chi connectivity index (χ4v) is 2.99. The number of halogens is 3. The van der Waals surface area contributed by atoms with E-state index in [0.29, 0.717) is 19.4 Å². The number of likely N-dealkylation sites (tertiary alicyclic amines) is 1. The molecule has 138 valence electrons. The maximum atomic E-state index is 12.4. The molecule has 25 heavy (non-hydrogen) atoms. The molecule has 2 atom stereocenters. The van der Waals surface area contributed by atoms with Gasteiger partial charge in [-0.25, -0.2) is 4.79 Å². The molecular formula is C17H20F3NO4. The Hall–Kier alpha value is -2.25. The molecule has 1 aliphatic rings. The maximum absolute atomic E-state index is 12.4. The summed E-state index contributed by atoms with van der Waals surface area (Å²) in [7, 11) is 0. The lowest BCUT2D eigenvalue weighted by Crippen LogP contribution is -2.49. The van der Waals surface area contributed by atoms with Gasteiger partial charge in [0.2, 0.25) is 5.91 Å². The zero-order chi connectivity index (χ0) is 18.6. The summed E-state index contributed by atoms with van der Waals surface area (Å²) in [6.45, 7) is 2.28. The van der Waals surface area contributed by atoms with Gasteiger partial charge in [-0.15, -0.1) is 13.2 Å². The minimum absolute atomic E-state index is 0.0451. The van der Waals surface area contributed by atoms with Gasteiger partial charge in [-0.1, -0.05) is 25.1 Å². The molecule has 0 bridgehead atoms. The van der Waals surface area contributed by atoms with E-state index in [1.807, 2.05) is 6.92 Å². The van der Waals surface area contributed by atoms with Crippen LogP contribution < -0.4 is 4.74 Å². The van der Waals surface area contributed by atoms with Crippen LogP contribution in [0.5, 0.6) is 5.75 Å². The lowest BCUT2D eigenvalue weighted by atomic mass is 9.92. The second-order valence-corrected chi connectivity index (χ2v) is 6.23. The molecule has 0 radical (unpaired) electrons. The van der Waals surface area contributed by atoms with Gasteiger partial charge in [0, 0.05) is 13.0 Å². The van der Waals surface area contributed by atoms with Crippen LogP contribution in [-0.2, 0) is 16.0 Å². The van der Waals surface area contributed by atoms with Crippen molar-refractivity contribution in [3.63, 3.8) is 0 Å². The van der Waals surface area contributed by atoms with E-state index in [2.05, 4.69) is 4.74 Å². The average molecular weight is 359 g/mol. The number of rotatable bonds is 5. The van der Waals surface area contributed by atoms with E-state index in [1.54, 1.807) is 6.07 Å². The second kappa shape index (κ2) is 7.76. The number of alkyl halides is 3. The third-order valence-electron chi connectivity index (χ3n) is 4.28. The molecule has 0 aromatic heterocycles. The van der Waals surface area contributed by atoms with Crippen LogP contribution in [-0.4, -0.2) is 40.8 Å². The van der Waals surface area contributed by atoms with Crippen LogP contribution in [0.3, 0.4) is 0 Å². The van der Waals surface area contributed by atoms with E-state index in [4.69, 9.17) is 0 Å². The molecule has 2 unspecified atom stereocenters. The highest BCUT2D eigenvalue weighted by Gasteiger charge is 2.35. The first-order valence-corrected chi connectivity index (χ1v) is 8.03. The molecule has 1 N–H and O–H groups in total. The first kappa shape index (κ1) is 19.1. The van der Waals surface area contributed by atoms with E-state index in [0.717, 1.165) is 0 Å². The number of para-hydroxylation sites is 1. The normalized spacial score (nSPS) is 21.0. The van der Waals surface area contributed by atoms with Crippen LogP contribution in [0.1, 0.15) is 31.7 Å². The Morgan fingerprint density at radius 3 is 2.64 bits per heavy atom. The summed E-state index contributed by atoms with van der Waals surface area (Å²) in [4.78, 5) is 25.1. The lowest BCUT2D eigenvalue weighted by Gasteiger charge is -2.36. The number of carboxylic acid groups (broad SMARTS) is 1. The minimum Gasteiger partial charge on any atom is -0.480 e. The van der Waals surface area contributed by atoms with E-state index in [-0.39, 0.29) is 36.0 Å². The number of carboxylic acids is 1. The molecule has 1 heterocycles. The quantitative estimate of drug-likeness (QED) is 0.877. The molecule has 1 saturated heterocycles. The third-order valence-corrected chi connectivity index (χ3v) is 4.28. The van der Waals surface area contributed by atoms with E-state index in [1.165, 1.54) is 23.1 Å². The van der Waals surface area contributed by atoms with E-state index >= 15 is 0 Å². The Kier molecular flexibility index (Phi) is 5.92. The van der Waals surface area contributed by atoms with Gasteiger partial charge in [0.05, 0.1) is 0 Å². The topological polar surface area (TPSA) is 66.8 Å². The number of benzene rings is 1. The summed E-state index contributed by atoms with van der Waals surface area (Å²) < 4.78 is 41.2. The number of aliphatic carboxylic acids is 1. The first-order chi connectivity index (χ1) is 11.7. The Bertz CT molecular complexity index is 633. The van der Waals surface area contributed by atoms with Crippen LogP contribution in [0.2, 0.25) is 0 Å². The first-order valence-electron chi connectivity index (χ1n) is 8.03. The van der Waals surface area contributed by atoms with Gasteiger partial charge in [-0.2, -0.15) is 0 Å². The van der Waals surface area contributed by atoms with Crippen molar-refractivity contribution in [2.45, 2.75) is 45.0 Å². The predicted octanol–water partition coefficient (Wildman–Crippen LogP) is 3.23. The second-order valence-electron chi connectivity index (χ2n) is 6.23. The standard InChI is InChI=1S/C17H20F3NO4/c1-11-8-9-21(13(10-11)16(23)24)15(22)7-6-12-4-2-3-5-14(12)25-17(18,19)20/h2-5,11,13H,6-10H2,1H3,(H,23,24).